The van der Waals surface area contributed by atoms with Crippen LogP contribution in [0.1, 0.15) is 11.1 Å². The second-order valence-electron chi connectivity index (χ2n) is 3.84. The molecule has 0 bridgehead atoms. The van der Waals surface area contributed by atoms with Crippen molar-refractivity contribution in [1.82, 2.24) is 0 Å². The number of rotatable bonds is 2. The number of nitriles is 1. The third-order valence-electron chi connectivity index (χ3n) is 2.59. The minimum atomic E-state index is 0.526. The van der Waals surface area contributed by atoms with Crippen LogP contribution in [-0.2, 0) is 0 Å². The zero-order valence-corrected chi connectivity index (χ0v) is 11.2. The number of nitrogens with one attached hydrogen (secondary N) is 1. The average molecular weight is 277 g/mol. The Morgan fingerprint density at radius 3 is 2.56 bits per heavy atom. The molecule has 2 rings (SSSR count). The largest absolute Gasteiger partial charge is 0.352 e. The van der Waals surface area contributed by atoms with Crippen LogP contribution >= 0.6 is 23.2 Å². The molecule has 0 aliphatic carbocycles. The molecule has 2 aromatic carbocycles. The highest BCUT2D eigenvalue weighted by atomic mass is 35.5. The van der Waals surface area contributed by atoms with Gasteiger partial charge in [0.1, 0.15) is 6.07 Å². The molecule has 1 N–H and O–H groups in total. The van der Waals surface area contributed by atoms with Crippen molar-refractivity contribution in [2.45, 2.75) is 6.92 Å². The maximum atomic E-state index is 9.03. The minimum absolute atomic E-state index is 0.526. The van der Waals surface area contributed by atoms with E-state index in [1.54, 1.807) is 12.1 Å². The fraction of sp³-hybridized carbons (Fsp3) is 0.0714. The SMILES string of the molecule is Cc1ccc(Cl)c(Nc2ccccc2C#N)c1Cl. The second kappa shape index (κ2) is 5.30. The van der Waals surface area contributed by atoms with Crippen LogP contribution in [0.5, 0.6) is 0 Å². The van der Waals surface area contributed by atoms with Gasteiger partial charge >= 0.3 is 0 Å². The van der Waals surface area contributed by atoms with Gasteiger partial charge in [-0.25, -0.2) is 0 Å². The summed E-state index contributed by atoms with van der Waals surface area (Å²) in [5, 5.41) is 13.2. The van der Waals surface area contributed by atoms with E-state index in [1.165, 1.54) is 0 Å². The van der Waals surface area contributed by atoms with Gasteiger partial charge in [-0.3, -0.25) is 0 Å². The molecule has 0 saturated carbocycles. The van der Waals surface area contributed by atoms with Gasteiger partial charge < -0.3 is 5.32 Å². The summed E-state index contributed by atoms with van der Waals surface area (Å²) < 4.78 is 0. The summed E-state index contributed by atoms with van der Waals surface area (Å²) in [6.07, 6.45) is 0. The van der Waals surface area contributed by atoms with Crippen molar-refractivity contribution in [3.05, 3.63) is 57.6 Å². The van der Waals surface area contributed by atoms with Crippen LogP contribution in [0.3, 0.4) is 0 Å². The molecule has 0 fully saturated rings. The van der Waals surface area contributed by atoms with Crippen molar-refractivity contribution in [1.29, 1.82) is 5.26 Å². The molecule has 0 atom stereocenters. The Balaban J connectivity index is 2.47. The van der Waals surface area contributed by atoms with Gasteiger partial charge in [0.25, 0.3) is 0 Å². The van der Waals surface area contributed by atoms with Crippen molar-refractivity contribution in [2.24, 2.45) is 0 Å². The van der Waals surface area contributed by atoms with Crippen molar-refractivity contribution in [2.75, 3.05) is 5.32 Å². The molecule has 2 nitrogen and oxygen atoms in total. The fourth-order valence-corrected chi connectivity index (χ4v) is 2.06. The van der Waals surface area contributed by atoms with Gasteiger partial charge in [-0.1, -0.05) is 41.4 Å². The Bertz CT molecular complexity index is 630. The molecule has 0 saturated heterocycles. The number of hydrogen-bond acceptors (Lipinski definition) is 2. The molecule has 0 aromatic heterocycles. The summed E-state index contributed by atoms with van der Waals surface area (Å²) >= 11 is 12.3. The standard InChI is InChI=1S/C14H10Cl2N2/c1-9-6-7-11(15)14(13(9)16)18-12-5-3-2-4-10(12)8-17/h2-7,18H,1H3. The van der Waals surface area contributed by atoms with Crippen LogP contribution in [0.15, 0.2) is 36.4 Å². The lowest BCUT2D eigenvalue weighted by Gasteiger charge is -2.13. The van der Waals surface area contributed by atoms with E-state index >= 15 is 0 Å². The van der Waals surface area contributed by atoms with E-state index in [1.807, 2.05) is 31.2 Å². The Labute approximate surface area is 116 Å². The molecule has 0 amide bonds. The number of anilines is 2. The van der Waals surface area contributed by atoms with Crippen LogP contribution in [0.25, 0.3) is 0 Å². The number of benzene rings is 2. The van der Waals surface area contributed by atoms with E-state index in [0.29, 0.717) is 27.0 Å². The van der Waals surface area contributed by atoms with E-state index in [4.69, 9.17) is 28.5 Å². The fourth-order valence-electron chi connectivity index (χ4n) is 1.60. The average Bonchev–Trinajstić information content (AvgIpc) is 2.39. The first-order valence-corrected chi connectivity index (χ1v) is 6.10. The summed E-state index contributed by atoms with van der Waals surface area (Å²) in [6, 6.07) is 13.0. The zero-order valence-electron chi connectivity index (χ0n) is 9.67. The smallest absolute Gasteiger partial charge is 0.101 e. The molecule has 0 radical (unpaired) electrons. The maximum absolute atomic E-state index is 9.03. The highest BCUT2D eigenvalue weighted by molar-refractivity contribution is 6.39. The maximum Gasteiger partial charge on any atom is 0.101 e. The predicted molar refractivity (Wildman–Crippen MR) is 75.6 cm³/mol. The van der Waals surface area contributed by atoms with Crippen LogP contribution < -0.4 is 5.32 Å². The predicted octanol–water partition coefficient (Wildman–Crippen LogP) is 4.92. The molecule has 0 unspecified atom stereocenters. The van der Waals surface area contributed by atoms with Gasteiger partial charge in [-0.2, -0.15) is 5.26 Å². The van der Waals surface area contributed by atoms with E-state index in [0.717, 1.165) is 5.56 Å². The lowest BCUT2D eigenvalue weighted by Crippen LogP contribution is -1.96. The highest BCUT2D eigenvalue weighted by Gasteiger charge is 2.10. The molecule has 2 aromatic rings. The topological polar surface area (TPSA) is 35.8 Å². The molecule has 4 heteroatoms. The van der Waals surface area contributed by atoms with Gasteiger partial charge in [0, 0.05) is 0 Å². The Morgan fingerprint density at radius 2 is 1.83 bits per heavy atom. The highest BCUT2D eigenvalue weighted by Crippen LogP contribution is 2.35. The Morgan fingerprint density at radius 1 is 1.11 bits per heavy atom. The molecular weight excluding hydrogens is 267 g/mol. The van der Waals surface area contributed by atoms with Gasteiger partial charge in [-0.15, -0.1) is 0 Å². The third kappa shape index (κ3) is 2.43. The number of hydrogen-bond donors (Lipinski definition) is 1. The van der Waals surface area contributed by atoms with Crippen molar-refractivity contribution in [3.63, 3.8) is 0 Å². The molecular formula is C14H10Cl2N2. The number of para-hydroxylation sites is 1. The quantitative estimate of drug-likeness (QED) is 0.845. The Hall–Kier alpha value is -1.69. The van der Waals surface area contributed by atoms with Crippen LogP contribution in [-0.4, -0.2) is 0 Å². The first-order valence-electron chi connectivity index (χ1n) is 5.34. The third-order valence-corrected chi connectivity index (χ3v) is 3.39. The van der Waals surface area contributed by atoms with E-state index in [9.17, 15) is 0 Å². The summed E-state index contributed by atoms with van der Waals surface area (Å²) in [4.78, 5) is 0. The first-order chi connectivity index (χ1) is 8.63. The monoisotopic (exact) mass is 276 g/mol. The lowest BCUT2D eigenvalue weighted by molar-refractivity contribution is 1.43. The molecule has 18 heavy (non-hydrogen) atoms. The number of nitrogens with zero attached hydrogens (tertiary/aromatic N) is 1. The minimum Gasteiger partial charge on any atom is -0.352 e. The molecule has 0 aliphatic rings. The lowest BCUT2D eigenvalue weighted by atomic mass is 10.1. The molecule has 0 spiro atoms. The zero-order chi connectivity index (χ0) is 13.1. The van der Waals surface area contributed by atoms with Crippen molar-refractivity contribution < 1.29 is 0 Å². The Kier molecular flexibility index (Phi) is 3.76. The normalized spacial score (nSPS) is 9.89. The van der Waals surface area contributed by atoms with Gasteiger partial charge in [0.2, 0.25) is 0 Å². The number of halogens is 2. The van der Waals surface area contributed by atoms with E-state index in [2.05, 4.69) is 11.4 Å². The van der Waals surface area contributed by atoms with Crippen LogP contribution in [0.4, 0.5) is 11.4 Å². The molecule has 0 aliphatic heterocycles. The van der Waals surface area contributed by atoms with Crippen LogP contribution in [0.2, 0.25) is 10.0 Å². The molecule has 0 heterocycles. The van der Waals surface area contributed by atoms with Gasteiger partial charge in [0.05, 0.1) is 27.0 Å². The summed E-state index contributed by atoms with van der Waals surface area (Å²) in [5.41, 5.74) is 2.79. The summed E-state index contributed by atoms with van der Waals surface area (Å²) in [7, 11) is 0. The summed E-state index contributed by atoms with van der Waals surface area (Å²) in [5.74, 6) is 0. The van der Waals surface area contributed by atoms with E-state index < -0.39 is 0 Å². The second-order valence-corrected chi connectivity index (χ2v) is 4.62. The first kappa shape index (κ1) is 12.8. The molecule has 90 valence electrons. The number of aryl methyl sites for hydroxylation is 1. The van der Waals surface area contributed by atoms with Gasteiger partial charge in [0.15, 0.2) is 0 Å². The van der Waals surface area contributed by atoms with Crippen molar-refractivity contribution >= 4 is 34.6 Å². The van der Waals surface area contributed by atoms with Gasteiger partial charge in [-0.05, 0) is 30.7 Å². The van der Waals surface area contributed by atoms with Crippen molar-refractivity contribution in [3.8, 4) is 6.07 Å². The summed E-state index contributed by atoms with van der Waals surface area (Å²) in [6.45, 7) is 1.90. The van der Waals surface area contributed by atoms with E-state index in [-0.39, 0.29) is 0 Å². The van der Waals surface area contributed by atoms with Crippen LogP contribution in [0, 0.1) is 18.3 Å².